The van der Waals surface area contributed by atoms with Gasteiger partial charge in [0, 0.05) is 16.9 Å². The molecule has 7 heteroatoms. The molecule has 4 rings (SSSR count). The second-order valence-corrected chi connectivity index (χ2v) is 6.46. The largest absolute Gasteiger partial charge is 0.340 e. The molecular formula is C18H13Cl2N5. The van der Waals surface area contributed by atoms with Gasteiger partial charge in [-0.25, -0.2) is 14.6 Å². The molecule has 0 fully saturated rings. The highest BCUT2D eigenvalue weighted by atomic mass is 35.5. The van der Waals surface area contributed by atoms with Crippen molar-refractivity contribution in [1.82, 2.24) is 19.7 Å². The van der Waals surface area contributed by atoms with E-state index >= 15 is 0 Å². The minimum absolute atomic E-state index is 0.515. The topological polar surface area (TPSA) is 55.6 Å². The van der Waals surface area contributed by atoms with Gasteiger partial charge >= 0.3 is 0 Å². The molecule has 2 aromatic heterocycles. The number of benzene rings is 2. The first kappa shape index (κ1) is 15.9. The van der Waals surface area contributed by atoms with Gasteiger partial charge in [-0.05, 0) is 37.3 Å². The third-order valence-electron chi connectivity index (χ3n) is 3.79. The second kappa shape index (κ2) is 6.35. The Morgan fingerprint density at radius 1 is 1.00 bits per heavy atom. The van der Waals surface area contributed by atoms with Crippen LogP contribution in [0.3, 0.4) is 0 Å². The van der Waals surface area contributed by atoms with E-state index < -0.39 is 0 Å². The summed E-state index contributed by atoms with van der Waals surface area (Å²) in [6.07, 6.45) is 3.33. The van der Waals surface area contributed by atoms with E-state index in [-0.39, 0.29) is 0 Å². The van der Waals surface area contributed by atoms with Crippen LogP contribution in [0.5, 0.6) is 0 Å². The number of aromatic nitrogens is 4. The Kier molecular flexibility index (Phi) is 4.03. The molecule has 0 unspecified atom stereocenters. The molecule has 0 aliphatic carbocycles. The predicted octanol–water partition coefficient (Wildman–Crippen LogP) is 5.17. The smallest absolute Gasteiger partial charge is 0.186 e. The van der Waals surface area contributed by atoms with Gasteiger partial charge in [-0.1, -0.05) is 40.9 Å². The fraction of sp³-hybridized carbons (Fsp3) is 0.0556. The van der Waals surface area contributed by atoms with E-state index in [1.54, 1.807) is 16.8 Å². The van der Waals surface area contributed by atoms with Crippen molar-refractivity contribution in [2.24, 2.45) is 0 Å². The first-order valence-corrected chi connectivity index (χ1v) is 8.35. The van der Waals surface area contributed by atoms with Crippen molar-refractivity contribution in [3.05, 3.63) is 70.6 Å². The van der Waals surface area contributed by atoms with Crippen molar-refractivity contribution in [1.29, 1.82) is 0 Å². The van der Waals surface area contributed by atoms with Gasteiger partial charge in [0.1, 0.15) is 12.1 Å². The summed E-state index contributed by atoms with van der Waals surface area (Å²) < 4.78 is 1.68. The number of nitrogens with zero attached hydrogens (tertiary/aromatic N) is 4. The van der Waals surface area contributed by atoms with Gasteiger partial charge in [-0.15, -0.1) is 5.10 Å². The van der Waals surface area contributed by atoms with Crippen LogP contribution in [0, 0.1) is 6.92 Å². The average molecular weight is 370 g/mol. The van der Waals surface area contributed by atoms with Crippen LogP contribution in [0.1, 0.15) is 5.56 Å². The average Bonchev–Trinajstić information content (AvgIpc) is 3.02. The van der Waals surface area contributed by atoms with E-state index in [2.05, 4.69) is 20.4 Å². The van der Waals surface area contributed by atoms with Crippen molar-refractivity contribution in [2.45, 2.75) is 6.92 Å². The maximum absolute atomic E-state index is 6.28. The molecule has 124 valence electrons. The van der Waals surface area contributed by atoms with Gasteiger partial charge in [0.2, 0.25) is 0 Å². The maximum Gasteiger partial charge on any atom is 0.186 e. The fourth-order valence-corrected chi connectivity index (χ4v) is 3.00. The van der Waals surface area contributed by atoms with Crippen LogP contribution < -0.4 is 5.32 Å². The standard InChI is InChI=1S/C18H13Cl2N5/c1-11-2-5-13(6-3-11)23-17-14-9-25(24-18(14)22-10-21-17)16-7-4-12(19)8-15(16)20/h2-10H,1H3,(H,21,22,23,24). The van der Waals surface area contributed by atoms with Crippen molar-refractivity contribution < 1.29 is 0 Å². The van der Waals surface area contributed by atoms with Gasteiger partial charge in [-0.2, -0.15) is 0 Å². The Hall–Kier alpha value is -2.63. The molecular weight excluding hydrogens is 357 g/mol. The quantitative estimate of drug-likeness (QED) is 0.540. The highest BCUT2D eigenvalue weighted by Crippen LogP contribution is 2.27. The lowest BCUT2D eigenvalue weighted by atomic mass is 10.2. The monoisotopic (exact) mass is 369 g/mol. The Labute approximate surface area is 154 Å². The van der Waals surface area contributed by atoms with E-state index in [4.69, 9.17) is 23.2 Å². The highest BCUT2D eigenvalue weighted by Gasteiger charge is 2.12. The van der Waals surface area contributed by atoms with Gasteiger partial charge in [0.05, 0.1) is 16.1 Å². The molecule has 0 aliphatic heterocycles. The fourth-order valence-electron chi connectivity index (χ4n) is 2.50. The van der Waals surface area contributed by atoms with Crippen molar-refractivity contribution >= 4 is 45.7 Å². The number of nitrogens with one attached hydrogen (secondary N) is 1. The van der Waals surface area contributed by atoms with E-state index in [0.29, 0.717) is 21.5 Å². The molecule has 2 heterocycles. The van der Waals surface area contributed by atoms with E-state index in [9.17, 15) is 0 Å². The van der Waals surface area contributed by atoms with E-state index in [1.807, 2.05) is 43.5 Å². The van der Waals surface area contributed by atoms with Crippen LogP contribution in [-0.2, 0) is 0 Å². The zero-order chi connectivity index (χ0) is 17.4. The van der Waals surface area contributed by atoms with Gasteiger partial charge in [0.15, 0.2) is 5.65 Å². The zero-order valence-electron chi connectivity index (χ0n) is 13.2. The summed E-state index contributed by atoms with van der Waals surface area (Å²) in [7, 11) is 0. The molecule has 4 aromatic rings. The SMILES string of the molecule is Cc1ccc(Nc2ncnc3nn(-c4ccc(Cl)cc4Cl)cc23)cc1. The number of hydrogen-bond acceptors (Lipinski definition) is 4. The summed E-state index contributed by atoms with van der Waals surface area (Å²) in [5.74, 6) is 0.685. The van der Waals surface area contributed by atoms with Crippen LogP contribution in [0.25, 0.3) is 16.7 Å². The second-order valence-electron chi connectivity index (χ2n) is 5.62. The van der Waals surface area contributed by atoms with E-state index in [1.165, 1.54) is 11.9 Å². The maximum atomic E-state index is 6.28. The number of fused-ring (bicyclic) bond motifs is 1. The van der Waals surface area contributed by atoms with Crippen LogP contribution in [0.2, 0.25) is 10.0 Å². The molecule has 1 N–H and O–H groups in total. The summed E-state index contributed by atoms with van der Waals surface area (Å²) in [5.41, 5.74) is 3.45. The lowest BCUT2D eigenvalue weighted by Crippen LogP contribution is -1.95. The van der Waals surface area contributed by atoms with Crippen molar-refractivity contribution in [3.63, 3.8) is 0 Å². The van der Waals surface area contributed by atoms with Crippen LogP contribution >= 0.6 is 23.2 Å². The van der Waals surface area contributed by atoms with Gasteiger partial charge < -0.3 is 5.32 Å². The molecule has 2 aromatic carbocycles. The Balaban J connectivity index is 1.77. The lowest BCUT2D eigenvalue weighted by molar-refractivity contribution is 0.889. The number of halogens is 2. The Morgan fingerprint density at radius 3 is 2.56 bits per heavy atom. The number of aryl methyl sites for hydroxylation is 1. The predicted molar refractivity (Wildman–Crippen MR) is 101 cm³/mol. The molecule has 0 saturated carbocycles. The summed E-state index contributed by atoms with van der Waals surface area (Å²) in [5, 5.41) is 9.68. The first-order chi connectivity index (χ1) is 12.1. The molecule has 25 heavy (non-hydrogen) atoms. The first-order valence-electron chi connectivity index (χ1n) is 7.60. The van der Waals surface area contributed by atoms with E-state index in [0.717, 1.165) is 16.8 Å². The Bertz CT molecular complexity index is 1060. The number of anilines is 2. The highest BCUT2D eigenvalue weighted by molar-refractivity contribution is 6.35. The molecule has 0 aliphatic rings. The third-order valence-corrected chi connectivity index (χ3v) is 4.33. The minimum Gasteiger partial charge on any atom is -0.340 e. The van der Waals surface area contributed by atoms with Crippen molar-refractivity contribution in [2.75, 3.05) is 5.32 Å². The summed E-state index contributed by atoms with van der Waals surface area (Å²) in [6.45, 7) is 2.05. The normalized spacial score (nSPS) is 11.0. The molecule has 0 atom stereocenters. The van der Waals surface area contributed by atoms with Crippen LogP contribution in [-0.4, -0.2) is 19.7 Å². The van der Waals surface area contributed by atoms with Crippen LogP contribution in [0.15, 0.2) is 55.0 Å². The number of rotatable bonds is 3. The third kappa shape index (κ3) is 3.16. The Morgan fingerprint density at radius 2 is 1.80 bits per heavy atom. The molecule has 0 spiro atoms. The van der Waals surface area contributed by atoms with Gasteiger partial charge in [-0.3, -0.25) is 0 Å². The summed E-state index contributed by atoms with van der Waals surface area (Å²) >= 11 is 12.2. The van der Waals surface area contributed by atoms with Gasteiger partial charge in [0.25, 0.3) is 0 Å². The van der Waals surface area contributed by atoms with Crippen molar-refractivity contribution in [3.8, 4) is 5.69 Å². The molecule has 0 radical (unpaired) electrons. The number of hydrogen-bond donors (Lipinski definition) is 1. The lowest BCUT2D eigenvalue weighted by Gasteiger charge is -2.06. The molecule has 0 saturated heterocycles. The molecule has 0 bridgehead atoms. The zero-order valence-corrected chi connectivity index (χ0v) is 14.8. The minimum atomic E-state index is 0.515. The summed E-state index contributed by atoms with van der Waals surface area (Å²) in [6, 6.07) is 13.4. The molecule has 0 amide bonds. The van der Waals surface area contributed by atoms with Crippen LogP contribution in [0.4, 0.5) is 11.5 Å². The molecule has 5 nitrogen and oxygen atoms in total. The summed E-state index contributed by atoms with van der Waals surface area (Å²) in [4.78, 5) is 8.58.